The number of ether oxygens (including phenoxy) is 2. The molecule has 4 rings (SSSR count). The number of methoxy groups -OCH3 is 1. The summed E-state index contributed by atoms with van der Waals surface area (Å²) < 4.78 is 50.9. The second-order valence-corrected chi connectivity index (χ2v) is 11.1. The maximum Gasteiger partial charge on any atom is 0.387 e. The number of aromatic nitrogens is 2. The van der Waals surface area contributed by atoms with Gasteiger partial charge >= 0.3 is 6.61 Å². The molecule has 10 heteroatoms. The molecular weight excluding hydrogens is 507 g/mol. The van der Waals surface area contributed by atoms with E-state index in [-0.39, 0.29) is 40.4 Å². The SMILES string of the molecule is COc1ccc(Nc2ncc(F)c(N(Cc3ccccc3)C3CC(C)(C)N(C)C(C)(C)C3)n2)cc1OC(F)F. The molecule has 0 aliphatic carbocycles. The molecule has 0 bridgehead atoms. The predicted octanol–water partition coefficient (Wildman–Crippen LogP) is 6.63. The van der Waals surface area contributed by atoms with Crippen LogP contribution in [0.15, 0.2) is 54.7 Å². The van der Waals surface area contributed by atoms with Gasteiger partial charge in [-0.1, -0.05) is 30.3 Å². The van der Waals surface area contributed by atoms with Crippen LogP contribution in [-0.2, 0) is 6.54 Å². The first-order chi connectivity index (χ1) is 18.4. The Hall–Kier alpha value is -3.53. The van der Waals surface area contributed by atoms with Gasteiger partial charge in [0.2, 0.25) is 5.95 Å². The van der Waals surface area contributed by atoms with E-state index in [0.29, 0.717) is 12.2 Å². The lowest BCUT2D eigenvalue weighted by atomic mass is 9.77. The highest BCUT2D eigenvalue weighted by molar-refractivity contribution is 5.61. The molecule has 1 aromatic heterocycles. The zero-order chi connectivity index (χ0) is 28.4. The van der Waals surface area contributed by atoms with Gasteiger partial charge in [0.25, 0.3) is 0 Å². The second kappa shape index (κ2) is 11.3. The minimum atomic E-state index is -3.02. The highest BCUT2D eigenvalue weighted by Crippen LogP contribution is 2.41. The fourth-order valence-corrected chi connectivity index (χ4v) is 5.39. The Morgan fingerprint density at radius 2 is 1.72 bits per heavy atom. The molecule has 0 unspecified atom stereocenters. The van der Waals surface area contributed by atoms with Crippen LogP contribution in [0.2, 0.25) is 0 Å². The van der Waals surface area contributed by atoms with Gasteiger partial charge in [-0.25, -0.2) is 9.37 Å². The highest BCUT2D eigenvalue weighted by atomic mass is 19.3. The van der Waals surface area contributed by atoms with E-state index in [0.717, 1.165) is 24.6 Å². The number of nitrogens with one attached hydrogen (secondary N) is 1. The lowest BCUT2D eigenvalue weighted by Crippen LogP contribution is -2.62. The van der Waals surface area contributed by atoms with Crippen molar-refractivity contribution in [3.8, 4) is 11.5 Å². The normalized spacial score (nSPS) is 17.2. The van der Waals surface area contributed by atoms with Gasteiger partial charge in [0, 0.05) is 35.4 Å². The molecular formula is C29H36F3N5O2. The van der Waals surface area contributed by atoms with Gasteiger partial charge in [0.05, 0.1) is 13.3 Å². The van der Waals surface area contributed by atoms with Crippen molar-refractivity contribution >= 4 is 17.5 Å². The Morgan fingerprint density at radius 3 is 2.33 bits per heavy atom. The van der Waals surface area contributed by atoms with Gasteiger partial charge in [-0.15, -0.1) is 0 Å². The van der Waals surface area contributed by atoms with Gasteiger partial charge in [0.15, 0.2) is 23.1 Å². The fraction of sp³-hybridized carbons (Fsp3) is 0.448. The van der Waals surface area contributed by atoms with Crippen molar-refractivity contribution in [1.29, 1.82) is 0 Å². The Labute approximate surface area is 228 Å². The molecule has 0 atom stereocenters. The first-order valence-corrected chi connectivity index (χ1v) is 12.9. The largest absolute Gasteiger partial charge is 0.493 e. The van der Waals surface area contributed by atoms with E-state index in [9.17, 15) is 8.78 Å². The molecule has 0 spiro atoms. The van der Waals surface area contributed by atoms with E-state index in [1.807, 2.05) is 35.2 Å². The molecule has 7 nitrogen and oxygen atoms in total. The van der Waals surface area contributed by atoms with Crippen LogP contribution in [0.5, 0.6) is 11.5 Å². The first-order valence-electron chi connectivity index (χ1n) is 12.9. The monoisotopic (exact) mass is 543 g/mol. The topological polar surface area (TPSA) is 62.8 Å². The van der Waals surface area contributed by atoms with E-state index >= 15 is 4.39 Å². The summed E-state index contributed by atoms with van der Waals surface area (Å²) in [6, 6.07) is 14.4. The molecule has 1 N–H and O–H groups in total. The lowest BCUT2D eigenvalue weighted by molar-refractivity contribution is -0.0511. The molecule has 1 fully saturated rings. The number of likely N-dealkylation sites (tertiary alicyclic amines) is 1. The summed E-state index contributed by atoms with van der Waals surface area (Å²) in [5.74, 6) is -0.217. The van der Waals surface area contributed by atoms with Crippen LogP contribution in [0.4, 0.5) is 30.6 Å². The van der Waals surface area contributed by atoms with Crippen LogP contribution < -0.4 is 19.7 Å². The number of hydrogen-bond acceptors (Lipinski definition) is 7. The molecule has 2 aromatic carbocycles. The maximum atomic E-state index is 15.5. The van der Waals surface area contributed by atoms with E-state index < -0.39 is 12.4 Å². The number of anilines is 3. The predicted molar refractivity (Wildman–Crippen MR) is 146 cm³/mol. The maximum absolute atomic E-state index is 15.5. The van der Waals surface area contributed by atoms with E-state index in [2.05, 4.69) is 59.7 Å². The summed E-state index contributed by atoms with van der Waals surface area (Å²) >= 11 is 0. The summed E-state index contributed by atoms with van der Waals surface area (Å²) in [6.45, 7) is 6.25. The molecule has 39 heavy (non-hydrogen) atoms. The Bertz CT molecular complexity index is 1260. The number of hydrogen-bond donors (Lipinski definition) is 1. The summed E-state index contributed by atoms with van der Waals surface area (Å²) in [4.78, 5) is 13.1. The third-order valence-electron chi connectivity index (χ3n) is 7.56. The molecule has 210 valence electrons. The van der Waals surface area contributed by atoms with Crippen LogP contribution in [0.1, 0.15) is 46.1 Å². The zero-order valence-corrected chi connectivity index (χ0v) is 23.2. The van der Waals surface area contributed by atoms with Gasteiger partial charge < -0.3 is 19.7 Å². The van der Waals surface area contributed by atoms with Crippen molar-refractivity contribution < 1.29 is 22.6 Å². The standard InChI is InChI=1S/C29H36F3N5O2/c1-28(2)15-21(16-29(3,4)36(28)5)37(18-19-10-8-7-9-11-19)25-22(30)17-33-27(35-25)34-20-12-13-23(38-6)24(14-20)39-26(31)32/h7-14,17,21,26H,15-16,18H2,1-6H3,(H,33,34,35). The third-order valence-corrected chi connectivity index (χ3v) is 7.56. The van der Waals surface area contributed by atoms with Gasteiger partial charge in [-0.3, -0.25) is 4.90 Å². The van der Waals surface area contributed by atoms with Crippen LogP contribution in [0, 0.1) is 5.82 Å². The smallest absolute Gasteiger partial charge is 0.387 e. The minimum Gasteiger partial charge on any atom is -0.493 e. The average molecular weight is 544 g/mol. The van der Waals surface area contributed by atoms with Crippen LogP contribution >= 0.6 is 0 Å². The summed E-state index contributed by atoms with van der Waals surface area (Å²) in [5.41, 5.74) is 1.16. The first kappa shape index (κ1) is 28.5. The van der Waals surface area contributed by atoms with Crippen LogP contribution in [-0.4, -0.2) is 52.8 Å². The minimum absolute atomic E-state index is 0.00399. The Balaban J connectivity index is 1.71. The van der Waals surface area contributed by atoms with Gasteiger partial charge in [-0.05, 0) is 65.3 Å². The highest BCUT2D eigenvalue weighted by Gasteiger charge is 2.45. The van der Waals surface area contributed by atoms with E-state index in [4.69, 9.17) is 4.74 Å². The number of rotatable bonds is 9. The van der Waals surface area contributed by atoms with E-state index in [1.54, 1.807) is 6.07 Å². The number of piperidine rings is 1. The molecule has 1 saturated heterocycles. The summed E-state index contributed by atoms with van der Waals surface area (Å²) in [6.07, 6.45) is 2.74. The van der Waals surface area contributed by atoms with Crippen LogP contribution in [0.3, 0.4) is 0 Å². The van der Waals surface area contributed by atoms with Crippen molar-refractivity contribution in [1.82, 2.24) is 14.9 Å². The molecule has 0 radical (unpaired) electrons. The van der Waals surface area contributed by atoms with Gasteiger partial charge in [-0.2, -0.15) is 13.8 Å². The number of benzene rings is 2. The van der Waals surface area contributed by atoms with Crippen molar-refractivity contribution in [2.75, 3.05) is 24.4 Å². The third kappa shape index (κ3) is 6.55. The fourth-order valence-electron chi connectivity index (χ4n) is 5.39. The van der Waals surface area contributed by atoms with Crippen molar-refractivity contribution in [2.24, 2.45) is 0 Å². The second-order valence-electron chi connectivity index (χ2n) is 11.1. The molecule has 0 saturated carbocycles. The number of nitrogens with zero attached hydrogens (tertiary/aromatic N) is 4. The number of halogens is 3. The molecule has 3 aromatic rings. The molecule has 1 aliphatic heterocycles. The average Bonchev–Trinajstić information content (AvgIpc) is 2.87. The Kier molecular flexibility index (Phi) is 8.25. The van der Waals surface area contributed by atoms with Gasteiger partial charge in [0.1, 0.15) is 0 Å². The van der Waals surface area contributed by atoms with E-state index in [1.165, 1.54) is 19.2 Å². The van der Waals surface area contributed by atoms with Crippen LogP contribution in [0.25, 0.3) is 0 Å². The summed E-state index contributed by atoms with van der Waals surface area (Å²) in [5, 5.41) is 2.99. The zero-order valence-electron chi connectivity index (χ0n) is 23.2. The Morgan fingerprint density at radius 1 is 1.05 bits per heavy atom. The lowest BCUT2D eigenvalue weighted by Gasteiger charge is -2.55. The molecule has 1 aliphatic rings. The van der Waals surface area contributed by atoms with Crippen molar-refractivity contribution in [3.05, 3.63) is 66.1 Å². The quantitative estimate of drug-likeness (QED) is 0.325. The van der Waals surface area contributed by atoms with Crippen molar-refractivity contribution in [3.63, 3.8) is 0 Å². The summed E-state index contributed by atoms with van der Waals surface area (Å²) in [7, 11) is 3.49. The molecule has 2 heterocycles. The van der Waals surface area contributed by atoms with Crippen molar-refractivity contribution in [2.45, 2.75) is 70.8 Å². The molecule has 0 amide bonds. The number of alkyl halides is 2.